The molecule has 0 heterocycles. The molecule has 0 aromatic heterocycles. The van der Waals surface area contributed by atoms with E-state index in [2.05, 4.69) is 11.6 Å². The molecule has 1 aromatic carbocycles. The lowest BCUT2D eigenvalue weighted by Gasteiger charge is -2.08. The summed E-state index contributed by atoms with van der Waals surface area (Å²) in [5.41, 5.74) is 0.592. The molecular weight excluding hydrogens is 250 g/mol. The molecule has 4 nitrogen and oxygen atoms in total. The molecule has 0 aliphatic carbocycles. The number of phenolic OH excluding ortho intramolecular Hbond substituents is 3. The monoisotopic (exact) mass is 271 g/mol. The van der Waals surface area contributed by atoms with Gasteiger partial charge in [0, 0.05) is 12.1 Å². The zero-order valence-electron chi connectivity index (χ0n) is 10.6. The minimum Gasteiger partial charge on any atom is -0.504 e. The van der Waals surface area contributed by atoms with Crippen LogP contribution in [0, 0.1) is 0 Å². The van der Waals surface area contributed by atoms with Gasteiger partial charge in [-0.2, -0.15) is 11.8 Å². The average Bonchev–Trinajstić information content (AvgIpc) is 2.37. The Balaban J connectivity index is 2.25. The van der Waals surface area contributed by atoms with Crippen LogP contribution >= 0.6 is 11.8 Å². The first-order chi connectivity index (χ1) is 8.66. The van der Waals surface area contributed by atoms with Crippen molar-refractivity contribution in [1.29, 1.82) is 0 Å². The maximum Gasteiger partial charge on any atom is 0.200 e. The third-order valence-corrected chi connectivity index (χ3v) is 3.43. The second-order valence-corrected chi connectivity index (χ2v) is 5.16. The summed E-state index contributed by atoms with van der Waals surface area (Å²) in [5.74, 6) is 0.208. The Morgan fingerprint density at radius 1 is 1.06 bits per heavy atom. The number of unbranched alkanes of at least 4 members (excludes halogenated alkanes) is 2. The number of hydrogen-bond acceptors (Lipinski definition) is 5. The molecule has 1 rings (SSSR count). The van der Waals surface area contributed by atoms with Crippen LogP contribution < -0.4 is 5.32 Å². The number of benzene rings is 1. The van der Waals surface area contributed by atoms with Gasteiger partial charge in [-0.25, -0.2) is 0 Å². The van der Waals surface area contributed by atoms with E-state index in [-0.39, 0.29) is 11.5 Å². The summed E-state index contributed by atoms with van der Waals surface area (Å²) in [6.45, 7) is 1.37. The fourth-order valence-corrected chi connectivity index (χ4v) is 2.14. The van der Waals surface area contributed by atoms with Crippen molar-refractivity contribution in [1.82, 2.24) is 5.32 Å². The fraction of sp³-hybridized carbons (Fsp3) is 0.538. The zero-order valence-corrected chi connectivity index (χ0v) is 11.5. The molecule has 0 aliphatic heterocycles. The Morgan fingerprint density at radius 3 is 2.56 bits per heavy atom. The standard InChI is InChI=1S/C13H21NO3S/c1-18-8-4-2-3-7-14-9-10-5-6-11(15)13(17)12(10)16/h5-6,14-17H,2-4,7-9H2,1H3. The first-order valence-electron chi connectivity index (χ1n) is 6.09. The van der Waals surface area contributed by atoms with Crippen LogP contribution in [0.15, 0.2) is 12.1 Å². The lowest BCUT2D eigenvalue weighted by molar-refractivity contribution is 0.364. The number of phenols is 3. The van der Waals surface area contributed by atoms with E-state index in [1.807, 2.05) is 11.8 Å². The minimum absolute atomic E-state index is 0.245. The van der Waals surface area contributed by atoms with Gasteiger partial charge in [0.05, 0.1) is 0 Å². The van der Waals surface area contributed by atoms with E-state index < -0.39 is 5.75 Å². The van der Waals surface area contributed by atoms with Crippen LogP contribution in [0.2, 0.25) is 0 Å². The third kappa shape index (κ3) is 4.66. The number of nitrogens with one attached hydrogen (secondary N) is 1. The average molecular weight is 271 g/mol. The predicted octanol–water partition coefficient (Wildman–Crippen LogP) is 2.43. The number of aromatic hydroxyl groups is 3. The summed E-state index contributed by atoms with van der Waals surface area (Å²) in [6.07, 6.45) is 5.64. The molecule has 4 N–H and O–H groups in total. The van der Waals surface area contributed by atoms with E-state index in [4.69, 9.17) is 0 Å². The van der Waals surface area contributed by atoms with E-state index in [9.17, 15) is 15.3 Å². The Labute approximate surface area is 112 Å². The molecule has 1 aromatic rings. The first-order valence-corrected chi connectivity index (χ1v) is 7.48. The maximum absolute atomic E-state index is 9.60. The van der Waals surface area contributed by atoms with Crippen LogP contribution in [0.1, 0.15) is 24.8 Å². The molecule has 0 atom stereocenters. The Kier molecular flexibility index (Phi) is 6.75. The van der Waals surface area contributed by atoms with Gasteiger partial charge >= 0.3 is 0 Å². The summed E-state index contributed by atoms with van der Waals surface area (Å²) in [7, 11) is 0. The molecule has 18 heavy (non-hydrogen) atoms. The van der Waals surface area contributed by atoms with Crippen LogP contribution in [0.5, 0.6) is 17.2 Å². The van der Waals surface area contributed by atoms with Crippen molar-refractivity contribution < 1.29 is 15.3 Å². The van der Waals surface area contributed by atoms with Crippen molar-refractivity contribution in [3.63, 3.8) is 0 Å². The normalized spacial score (nSPS) is 10.7. The topological polar surface area (TPSA) is 72.7 Å². The minimum atomic E-state index is -0.450. The summed E-state index contributed by atoms with van der Waals surface area (Å²) in [6, 6.07) is 2.98. The highest BCUT2D eigenvalue weighted by Gasteiger charge is 2.09. The molecule has 0 saturated heterocycles. The highest BCUT2D eigenvalue weighted by molar-refractivity contribution is 7.98. The van der Waals surface area contributed by atoms with Crippen molar-refractivity contribution >= 4 is 11.8 Å². The lowest BCUT2D eigenvalue weighted by Crippen LogP contribution is -2.14. The van der Waals surface area contributed by atoms with Crippen LogP contribution in [-0.4, -0.2) is 33.9 Å². The molecule has 0 bridgehead atoms. The van der Waals surface area contributed by atoms with Crippen molar-refractivity contribution in [3.8, 4) is 17.2 Å². The van der Waals surface area contributed by atoms with Gasteiger partial charge in [-0.05, 0) is 37.5 Å². The van der Waals surface area contributed by atoms with Crippen molar-refractivity contribution in [2.45, 2.75) is 25.8 Å². The summed E-state index contributed by atoms with van der Waals surface area (Å²) in [5, 5.41) is 31.3. The number of rotatable bonds is 8. The van der Waals surface area contributed by atoms with Crippen molar-refractivity contribution in [2.75, 3.05) is 18.6 Å². The van der Waals surface area contributed by atoms with Crippen LogP contribution in [0.25, 0.3) is 0 Å². The highest BCUT2D eigenvalue weighted by atomic mass is 32.2. The van der Waals surface area contributed by atoms with Gasteiger partial charge in [-0.15, -0.1) is 0 Å². The van der Waals surface area contributed by atoms with Crippen molar-refractivity contribution in [3.05, 3.63) is 17.7 Å². The van der Waals surface area contributed by atoms with Gasteiger partial charge in [0.1, 0.15) is 0 Å². The third-order valence-electron chi connectivity index (χ3n) is 2.73. The van der Waals surface area contributed by atoms with E-state index in [0.29, 0.717) is 12.1 Å². The van der Waals surface area contributed by atoms with E-state index in [0.717, 1.165) is 13.0 Å². The Bertz CT molecular complexity index is 371. The number of thioether (sulfide) groups is 1. The molecule has 0 spiro atoms. The highest BCUT2D eigenvalue weighted by Crippen LogP contribution is 2.36. The van der Waals surface area contributed by atoms with E-state index in [1.165, 1.54) is 24.7 Å². The molecule has 102 valence electrons. The summed E-state index contributed by atoms with van der Waals surface area (Å²) in [4.78, 5) is 0. The van der Waals surface area contributed by atoms with Gasteiger partial charge in [0.2, 0.25) is 5.75 Å². The largest absolute Gasteiger partial charge is 0.504 e. The van der Waals surface area contributed by atoms with Crippen LogP contribution in [0.4, 0.5) is 0 Å². The van der Waals surface area contributed by atoms with Gasteiger partial charge in [-0.3, -0.25) is 0 Å². The fourth-order valence-electron chi connectivity index (χ4n) is 1.65. The number of hydrogen-bond donors (Lipinski definition) is 4. The van der Waals surface area contributed by atoms with Crippen molar-refractivity contribution in [2.24, 2.45) is 0 Å². The Hall–Kier alpha value is -1.07. The summed E-state index contributed by atoms with van der Waals surface area (Å²) < 4.78 is 0. The molecular formula is C13H21NO3S. The first kappa shape index (κ1) is 15.0. The Morgan fingerprint density at radius 2 is 1.83 bits per heavy atom. The maximum atomic E-state index is 9.60. The van der Waals surface area contributed by atoms with Gasteiger partial charge < -0.3 is 20.6 Å². The smallest absolute Gasteiger partial charge is 0.200 e. The molecule has 0 unspecified atom stereocenters. The zero-order chi connectivity index (χ0) is 13.4. The lowest BCUT2D eigenvalue weighted by atomic mass is 10.1. The second-order valence-electron chi connectivity index (χ2n) is 4.17. The van der Waals surface area contributed by atoms with Gasteiger partial charge in [-0.1, -0.05) is 12.5 Å². The summed E-state index contributed by atoms with van der Waals surface area (Å²) >= 11 is 1.86. The molecule has 0 fully saturated rings. The molecule has 0 amide bonds. The van der Waals surface area contributed by atoms with E-state index >= 15 is 0 Å². The quantitative estimate of drug-likeness (QED) is 0.432. The molecule has 0 saturated carbocycles. The molecule has 0 aliphatic rings. The SMILES string of the molecule is CSCCCCCNCc1ccc(O)c(O)c1O. The second kappa shape index (κ2) is 8.11. The molecule has 5 heteroatoms. The van der Waals surface area contributed by atoms with Crippen LogP contribution in [0.3, 0.4) is 0 Å². The predicted molar refractivity (Wildman–Crippen MR) is 75.4 cm³/mol. The van der Waals surface area contributed by atoms with E-state index in [1.54, 1.807) is 6.07 Å². The van der Waals surface area contributed by atoms with Crippen LogP contribution in [-0.2, 0) is 6.54 Å². The van der Waals surface area contributed by atoms with Gasteiger partial charge in [0.25, 0.3) is 0 Å². The van der Waals surface area contributed by atoms with Gasteiger partial charge in [0.15, 0.2) is 11.5 Å². The molecule has 0 radical (unpaired) electrons.